The summed E-state index contributed by atoms with van der Waals surface area (Å²) in [5.74, 6) is -1.50. The van der Waals surface area contributed by atoms with Gasteiger partial charge in [-0.3, -0.25) is 4.18 Å². The van der Waals surface area contributed by atoms with Crippen LogP contribution in [0.15, 0.2) is 6.20 Å². The number of hydrogen-bond acceptors (Lipinski definition) is 7. The van der Waals surface area contributed by atoms with Crippen LogP contribution in [-0.4, -0.2) is 36.0 Å². The largest absolute Gasteiger partial charge is 0.366 e. The maximum Gasteiger partial charge on any atom is 0.333 e. The highest BCUT2D eigenvalue weighted by molar-refractivity contribution is 7.84. The van der Waals surface area contributed by atoms with Gasteiger partial charge >= 0.3 is 10.3 Å². The van der Waals surface area contributed by atoms with Crippen LogP contribution in [0.1, 0.15) is 25.1 Å². The first-order chi connectivity index (χ1) is 8.47. The summed E-state index contributed by atoms with van der Waals surface area (Å²) in [7, 11) is -3.81. The fraction of sp³-hybridized carbons (Fsp3) is 0.667. The van der Waals surface area contributed by atoms with Gasteiger partial charge in [-0.15, -0.1) is 11.3 Å². The molecular formula is C9H17ClN2O5S2. The lowest BCUT2D eigenvalue weighted by atomic mass is 10.3. The van der Waals surface area contributed by atoms with Gasteiger partial charge in [-0.25, -0.2) is 10.1 Å². The minimum absolute atomic E-state index is 0.0777. The molecule has 0 saturated heterocycles. The van der Waals surface area contributed by atoms with E-state index in [0.717, 1.165) is 4.88 Å². The summed E-state index contributed by atoms with van der Waals surface area (Å²) in [4.78, 5) is 4.84. The molecule has 1 rings (SSSR count). The van der Waals surface area contributed by atoms with Crippen LogP contribution < -0.4 is 5.14 Å². The smallest absolute Gasteiger partial charge is 0.333 e. The summed E-state index contributed by atoms with van der Waals surface area (Å²) in [6.45, 7) is 2.67. The molecule has 1 aromatic rings. The zero-order chi connectivity index (χ0) is 15.1. The van der Waals surface area contributed by atoms with E-state index in [4.69, 9.17) is 21.8 Å². The summed E-state index contributed by atoms with van der Waals surface area (Å²) in [6, 6.07) is 0. The minimum Gasteiger partial charge on any atom is -0.366 e. The Kier molecular flexibility index (Phi) is 7.98. The van der Waals surface area contributed by atoms with Crippen molar-refractivity contribution in [2.45, 2.75) is 32.5 Å². The van der Waals surface area contributed by atoms with Crippen LogP contribution in [0.5, 0.6) is 0 Å². The highest BCUT2D eigenvalue weighted by Gasteiger charge is 2.03. The van der Waals surface area contributed by atoms with Gasteiger partial charge < -0.3 is 10.2 Å². The molecule has 112 valence electrons. The third kappa shape index (κ3) is 15.7. The second kappa shape index (κ2) is 8.10. The molecule has 0 saturated carbocycles. The number of halogens is 1. The van der Waals surface area contributed by atoms with Crippen molar-refractivity contribution in [2.75, 3.05) is 6.61 Å². The van der Waals surface area contributed by atoms with Crippen molar-refractivity contribution in [1.82, 2.24) is 4.98 Å². The van der Waals surface area contributed by atoms with Gasteiger partial charge in [0.05, 0.1) is 6.61 Å². The van der Waals surface area contributed by atoms with Gasteiger partial charge in [0, 0.05) is 11.1 Å². The molecule has 0 aliphatic rings. The average Bonchev–Trinajstić information content (AvgIpc) is 2.55. The van der Waals surface area contributed by atoms with E-state index in [1.54, 1.807) is 6.20 Å². The van der Waals surface area contributed by atoms with Crippen LogP contribution in [0.2, 0.25) is 4.47 Å². The van der Waals surface area contributed by atoms with Crippen molar-refractivity contribution in [3.63, 3.8) is 0 Å². The van der Waals surface area contributed by atoms with Crippen molar-refractivity contribution >= 4 is 33.2 Å². The molecule has 4 N–H and O–H groups in total. The molecule has 0 aromatic carbocycles. The van der Waals surface area contributed by atoms with Crippen molar-refractivity contribution in [3.8, 4) is 0 Å². The van der Waals surface area contributed by atoms with E-state index in [-0.39, 0.29) is 6.61 Å². The van der Waals surface area contributed by atoms with Gasteiger partial charge in [0.25, 0.3) is 0 Å². The van der Waals surface area contributed by atoms with E-state index in [0.29, 0.717) is 17.3 Å². The van der Waals surface area contributed by atoms with Gasteiger partial charge in [0.2, 0.25) is 0 Å². The Labute approximate surface area is 121 Å². The van der Waals surface area contributed by atoms with E-state index < -0.39 is 16.1 Å². The molecule has 0 aliphatic heterocycles. The van der Waals surface area contributed by atoms with Crippen LogP contribution in [0.25, 0.3) is 0 Å². The normalized spacial score (nSPS) is 11.9. The SMILES string of the molecule is CC(C)(O)O.NS(=O)(=O)OCCCc1cnc(Cl)s1. The topological polar surface area (TPSA) is 123 Å². The molecule has 0 aliphatic carbocycles. The summed E-state index contributed by atoms with van der Waals surface area (Å²) in [5.41, 5.74) is 0. The first-order valence-electron chi connectivity index (χ1n) is 5.19. The van der Waals surface area contributed by atoms with Gasteiger partial charge in [-0.05, 0) is 26.7 Å². The monoisotopic (exact) mass is 332 g/mol. The lowest BCUT2D eigenvalue weighted by Gasteiger charge is -2.03. The van der Waals surface area contributed by atoms with Crippen LogP contribution in [-0.2, 0) is 20.9 Å². The Morgan fingerprint density at radius 1 is 1.53 bits per heavy atom. The Morgan fingerprint density at radius 3 is 2.42 bits per heavy atom. The fourth-order valence-corrected chi connectivity index (χ4v) is 2.19. The molecular weight excluding hydrogens is 316 g/mol. The Balaban J connectivity index is 0.000000555. The molecule has 7 nitrogen and oxygen atoms in total. The molecule has 0 atom stereocenters. The van der Waals surface area contributed by atoms with Crippen molar-refractivity contribution in [1.29, 1.82) is 0 Å². The second-order valence-electron chi connectivity index (χ2n) is 3.99. The number of aromatic nitrogens is 1. The van der Waals surface area contributed by atoms with Crippen molar-refractivity contribution in [3.05, 3.63) is 15.5 Å². The molecule has 0 spiro atoms. The molecule has 0 bridgehead atoms. The molecule has 0 radical (unpaired) electrons. The lowest BCUT2D eigenvalue weighted by Crippen LogP contribution is -2.16. The standard InChI is InChI=1S/C6H9ClN2O3S2.C3H8O2/c7-6-9-4-5(13-6)2-1-3-12-14(8,10)11;1-3(2,4)5/h4H,1-3H2,(H2,8,10,11);4-5H,1-2H3. The van der Waals surface area contributed by atoms with Gasteiger partial charge in [-0.2, -0.15) is 8.42 Å². The fourth-order valence-electron chi connectivity index (χ4n) is 0.821. The Bertz CT molecular complexity index is 463. The van der Waals surface area contributed by atoms with Crippen molar-refractivity contribution in [2.24, 2.45) is 5.14 Å². The first kappa shape index (κ1) is 18.7. The van der Waals surface area contributed by atoms with Crippen LogP contribution in [0.4, 0.5) is 0 Å². The molecule has 10 heteroatoms. The Morgan fingerprint density at radius 2 is 2.05 bits per heavy atom. The van der Waals surface area contributed by atoms with Gasteiger partial charge in [-0.1, -0.05) is 11.6 Å². The maximum absolute atomic E-state index is 10.4. The molecule has 1 aromatic heterocycles. The molecule has 0 unspecified atom stereocenters. The molecule has 19 heavy (non-hydrogen) atoms. The summed E-state index contributed by atoms with van der Waals surface area (Å²) in [5, 5.41) is 20.8. The number of aliphatic hydroxyl groups is 2. The predicted octanol–water partition coefficient (Wildman–Crippen LogP) is 0.656. The zero-order valence-electron chi connectivity index (χ0n) is 10.5. The van der Waals surface area contributed by atoms with E-state index in [9.17, 15) is 8.42 Å². The van der Waals surface area contributed by atoms with Gasteiger partial charge in [0.15, 0.2) is 10.3 Å². The summed E-state index contributed by atoms with van der Waals surface area (Å²) >= 11 is 6.97. The second-order valence-corrected chi connectivity index (χ2v) is 6.91. The average molecular weight is 333 g/mol. The van der Waals surface area contributed by atoms with E-state index >= 15 is 0 Å². The zero-order valence-corrected chi connectivity index (χ0v) is 12.9. The first-order valence-corrected chi connectivity index (χ1v) is 7.86. The highest BCUT2D eigenvalue weighted by atomic mass is 35.5. The Hall–Kier alpha value is -0.290. The number of nitrogens with two attached hydrogens (primary N) is 1. The number of nitrogens with zero attached hydrogens (tertiary/aromatic N) is 1. The van der Waals surface area contributed by atoms with E-state index in [1.165, 1.54) is 25.2 Å². The molecule has 0 amide bonds. The quantitative estimate of drug-likeness (QED) is 0.537. The highest BCUT2D eigenvalue weighted by Crippen LogP contribution is 2.18. The molecule has 1 heterocycles. The minimum atomic E-state index is -3.81. The summed E-state index contributed by atoms with van der Waals surface area (Å²) < 4.78 is 25.6. The van der Waals surface area contributed by atoms with Crippen LogP contribution in [0, 0.1) is 0 Å². The number of aryl methyl sites for hydroxylation is 1. The molecule has 0 fully saturated rings. The van der Waals surface area contributed by atoms with Crippen LogP contribution in [0.3, 0.4) is 0 Å². The predicted molar refractivity (Wildman–Crippen MR) is 73.0 cm³/mol. The van der Waals surface area contributed by atoms with E-state index in [2.05, 4.69) is 14.3 Å². The third-order valence-corrected chi connectivity index (χ3v) is 3.01. The van der Waals surface area contributed by atoms with E-state index in [1.807, 2.05) is 0 Å². The van der Waals surface area contributed by atoms with Crippen molar-refractivity contribution < 1.29 is 22.8 Å². The maximum atomic E-state index is 10.4. The number of hydrogen-bond donors (Lipinski definition) is 3. The number of rotatable bonds is 5. The van der Waals surface area contributed by atoms with Gasteiger partial charge in [0.1, 0.15) is 0 Å². The summed E-state index contributed by atoms with van der Waals surface area (Å²) in [6.07, 6.45) is 2.90. The number of thiazole rings is 1. The van der Waals surface area contributed by atoms with Crippen LogP contribution >= 0.6 is 22.9 Å². The lowest BCUT2D eigenvalue weighted by molar-refractivity contribution is -0.127. The third-order valence-electron chi connectivity index (χ3n) is 1.34.